The van der Waals surface area contributed by atoms with Crippen LogP contribution in [0.2, 0.25) is 0 Å². The first-order chi connectivity index (χ1) is 14.1. The van der Waals surface area contributed by atoms with E-state index in [1.165, 1.54) is 23.5 Å². The maximum Gasteiger partial charge on any atom is 0.275 e. The van der Waals surface area contributed by atoms with E-state index in [1.807, 2.05) is 12.1 Å². The van der Waals surface area contributed by atoms with E-state index in [1.54, 1.807) is 43.1 Å². The van der Waals surface area contributed by atoms with Gasteiger partial charge in [0.05, 0.1) is 12.3 Å². The molecule has 29 heavy (non-hydrogen) atoms. The van der Waals surface area contributed by atoms with Gasteiger partial charge in [-0.05, 0) is 42.5 Å². The molecule has 0 fully saturated rings. The Morgan fingerprint density at radius 1 is 1.10 bits per heavy atom. The van der Waals surface area contributed by atoms with Crippen LogP contribution in [0.15, 0.2) is 60.2 Å². The smallest absolute Gasteiger partial charge is 0.275 e. The van der Waals surface area contributed by atoms with Crippen molar-refractivity contribution >= 4 is 45.1 Å². The molecule has 0 saturated carbocycles. The molecule has 8 heteroatoms. The predicted molar refractivity (Wildman–Crippen MR) is 112 cm³/mol. The van der Waals surface area contributed by atoms with Gasteiger partial charge in [-0.15, -0.1) is 11.3 Å². The van der Waals surface area contributed by atoms with E-state index in [9.17, 15) is 9.18 Å². The molecule has 0 atom stereocenters. The third-order valence-corrected chi connectivity index (χ3v) is 5.06. The Balaban J connectivity index is 1.62. The van der Waals surface area contributed by atoms with Crippen molar-refractivity contribution in [2.75, 3.05) is 17.7 Å². The Labute approximate surface area is 170 Å². The van der Waals surface area contributed by atoms with Gasteiger partial charge < -0.3 is 15.4 Å². The van der Waals surface area contributed by atoms with Crippen LogP contribution in [0, 0.1) is 5.82 Å². The Morgan fingerprint density at radius 2 is 1.90 bits per heavy atom. The van der Waals surface area contributed by atoms with Crippen LogP contribution in [0.5, 0.6) is 0 Å². The summed E-state index contributed by atoms with van der Waals surface area (Å²) in [6, 6.07) is 11.6. The van der Waals surface area contributed by atoms with Crippen LogP contribution in [-0.4, -0.2) is 23.0 Å². The molecule has 2 aromatic heterocycles. The number of hydrogen-bond donors (Lipinski definition) is 2. The van der Waals surface area contributed by atoms with Crippen molar-refractivity contribution in [2.24, 2.45) is 0 Å². The number of nitrogens with one attached hydrogen (secondary N) is 2. The molecule has 2 aromatic carbocycles. The van der Waals surface area contributed by atoms with Crippen LogP contribution >= 0.6 is 11.3 Å². The average molecular weight is 408 g/mol. The fourth-order valence-electron chi connectivity index (χ4n) is 2.89. The maximum absolute atomic E-state index is 13.1. The van der Waals surface area contributed by atoms with Gasteiger partial charge in [-0.1, -0.05) is 0 Å². The fraction of sp³-hybridized carbons (Fsp3) is 0.0952. The first kappa shape index (κ1) is 19.0. The molecule has 1 amide bonds. The van der Waals surface area contributed by atoms with Crippen molar-refractivity contribution in [3.8, 4) is 0 Å². The molecule has 0 bridgehead atoms. The van der Waals surface area contributed by atoms with Gasteiger partial charge >= 0.3 is 0 Å². The van der Waals surface area contributed by atoms with Gasteiger partial charge in [0.15, 0.2) is 0 Å². The molecule has 0 aliphatic carbocycles. The Bertz CT molecular complexity index is 1160. The topological polar surface area (TPSA) is 76.1 Å². The maximum atomic E-state index is 13.1. The van der Waals surface area contributed by atoms with E-state index in [0.717, 1.165) is 27.2 Å². The summed E-state index contributed by atoms with van der Waals surface area (Å²) in [5, 5.41) is 10.3. The number of ether oxygens (including phenoxy) is 1. The van der Waals surface area contributed by atoms with E-state index in [4.69, 9.17) is 4.74 Å². The lowest BCUT2D eigenvalue weighted by Gasteiger charge is -2.13. The lowest BCUT2D eigenvalue weighted by atomic mass is 10.1. The number of methoxy groups -OCH3 is 1. The molecule has 2 N–H and O–H groups in total. The zero-order valence-corrected chi connectivity index (χ0v) is 16.3. The highest BCUT2D eigenvalue weighted by molar-refractivity contribution is 7.09. The van der Waals surface area contributed by atoms with E-state index in [2.05, 4.69) is 20.6 Å². The summed E-state index contributed by atoms with van der Waals surface area (Å²) in [5.74, 6) is -0.591. The van der Waals surface area contributed by atoms with E-state index >= 15 is 0 Å². The molecule has 0 radical (unpaired) electrons. The van der Waals surface area contributed by atoms with Gasteiger partial charge in [-0.2, -0.15) is 0 Å². The molecule has 2 heterocycles. The first-order valence-corrected chi connectivity index (χ1v) is 9.66. The molecule has 0 aliphatic rings. The monoisotopic (exact) mass is 408 g/mol. The minimum atomic E-state index is -0.298. The molecule has 0 unspecified atom stereocenters. The van der Waals surface area contributed by atoms with Gasteiger partial charge in [-0.3, -0.25) is 9.78 Å². The number of amides is 1. The molecule has 4 rings (SSSR count). The van der Waals surface area contributed by atoms with E-state index in [-0.39, 0.29) is 11.7 Å². The number of rotatable bonds is 6. The van der Waals surface area contributed by atoms with E-state index < -0.39 is 0 Å². The lowest BCUT2D eigenvalue weighted by Crippen LogP contribution is -2.13. The van der Waals surface area contributed by atoms with Crippen LogP contribution in [0.1, 0.15) is 15.5 Å². The quantitative estimate of drug-likeness (QED) is 0.471. The zero-order valence-electron chi connectivity index (χ0n) is 15.5. The molecule has 0 aliphatic heterocycles. The summed E-state index contributed by atoms with van der Waals surface area (Å²) in [6.45, 7) is 0.370. The van der Waals surface area contributed by atoms with Crippen LogP contribution < -0.4 is 10.6 Å². The molecule has 146 valence electrons. The number of hydrogen-bond acceptors (Lipinski definition) is 6. The van der Waals surface area contributed by atoms with Crippen LogP contribution in [0.3, 0.4) is 0 Å². The second-order valence-corrected chi connectivity index (χ2v) is 7.17. The van der Waals surface area contributed by atoms with Gasteiger partial charge in [0.2, 0.25) is 0 Å². The fourth-order valence-corrected chi connectivity index (χ4v) is 3.63. The van der Waals surface area contributed by atoms with Gasteiger partial charge in [0.25, 0.3) is 5.91 Å². The van der Waals surface area contributed by atoms with Crippen LogP contribution in [0.4, 0.5) is 21.5 Å². The minimum absolute atomic E-state index is 0.293. The summed E-state index contributed by atoms with van der Waals surface area (Å²) in [7, 11) is 1.59. The highest BCUT2D eigenvalue weighted by Crippen LogP contribution is 2.31. The average Bonchev–Trinajstić information content (AvgIpc) is 3.20. The summed E-state index contributed by atoms with van der Waals surface area (Å²) in [4.78, 5) is 21.1. The summed E-state index contributed by atoms with van der Waals surface area (Å²) < 4.78 is 18.2. The normalized spacial score (nSPS) is 10.8. The van der Waals surface area contributed by atoms with Crippen molar-refractivity contribution in [2.45, 2.75) is 6.61 Å². The number of carbonyl (C=O) groups excluding carboxylic acids is 1. The zero-order chi connectivity index (χ0) is 20.2. The molecule has 0 spiro atoms. The van der Waals surface area contributed by atoms with Crippen molar-refractivity contribution in [3.63, 3.8) is 0 Å². The Kier molecular flexibility index (Phi) is 5.46. The highest BCUT2D eigenvalue weighted by Gasteiger charge is 2.14. The summed E-state index contributed by atoms with van der Waals surface area (Å²) in [6.07, 6.45) is 3.37. The van der Waals surface area contributed by atoms with E-state index in [0.29, 0.717) is 18.0 Å². The number of fused-ring (bicyclic) bond motifs is 1. The molecule has 6 nitrogen and oxygen atoms in total. The first-order valence-electron chi connectivity index (χ1n) is 8.78. The number of thiazole rings is 1. The third-order valence-electron chi connectivity index (χ3n) is 4.24. The van der Waals surface area contributed by atoms with Crippen molar-refractivity contribution in [3.05, 3.63) is 76.8 Å². The standard InChI is InChI=1S/C21H17FN4O2S/c1-28-11-20-25-19(12-29-20)21(27)26-18-7-6-17(15-8-9-23-10-16(15)18)24-14-4-2-13(22)3-5-14/h2-10,12,24H,11H2,1H3,(H,26,27). The molecular formula is C21H17FN4O2S. The van der Waals surface area contributed by atoms with Gasteiger partial charge in [0, 0.05) is 47.0 Å². The highest BCUT2D eigenvalue weighted by atomic mass is 32.1. The number of anilines is 3. The lowest BCUT2D eigenvalue weighted by molar-refractivity contribution is 0.102. The van der Waals surface area contributed by atoms with Gasteiger partial charge in [0.1, 0.15) is 16.5 Å². The molecular weight excluding hydrogens is 391 g/mol. The second kappa shape index (κ2) is 8.34. The summed E-state index contributed by atoms with van der Waals surface area (Å²) in [5.41, 5.74) is 2.55. The number of aromatic nitrogens is 2. The number of halogens is 1. The predicted octanol–water partition coefficient (Wildman–Crippen LogP) is 4.97. The van der Waals surface area contributed by atoms with Crippen molar-refractivity contribution < 1.29 is 13.9 Å². The van der Waals surface area contributed by atoms with Crippen molar-refractivity contribution in [1.29, 1.82) is 0 Å². The van der Waals surface area contributed by atoms with Gasteiger partial charge in [-0.25, -0.2) is 9.37 Å². The van der Waals surface area contributed by atoms with Crippen LogP contribution in [0.25, 0.3) is 10.8 Å². The second-order valence-electron chi connectivity index (χ2n) is 6.23. The molecule has 4 aromatic rings. The number of nitrogens with zero attached hydrogens (tertiary/aromatic N) is 2. The Hall–Kier alpha value is -3.36. The number of pyridine rings is 1. The number of carbonyl (C=O) groups is 1. The third kappa shape index (κ3) is 4.23. The largest absolute Gasteiger partial charge is 0.378 e. The number of benzene rings is 2. The van der Waals surface area contributed by atoms with Crippen molar-refractivity contribution in [1.82, 2.24) is 9.97 Å². The minimum Gasteiger partial charge on any atom is -0.378 e. The van der Waals surface area contributed by atoms with Crippen LogP contribution in [-0.2, 0) is 11.3 Å². The SMILES string of the molecule is COCc1nc(C(=O)Nc2ccc(Nc3ccc(F)cc3)c3ccncc23)cs1. The summed E-state index contributed by atoms with van der Waals surface area (Å²) >= 11 is 1.38. The Morgan fingerprint density at radius 3 is 2.69 bits per heavy atom. The molecule has 0 saturated heterocycles.